The van der Waals surface area contributed by atoms with Gasteiger partial charge in [-0.1, -0.05) is 30.8 Å². The molecule has 136 valence electrons. The summed E-state index contributed by atoms with van der Waals surface area (Å²) in [6, 6.07) is 9.72. The summed E-state index contributed by atoms with van der Waals surface area (Å²) in [5, 5.41) is 15.8. The molecule has 3 aromatic rings. The van der Waals surface area contributed by atoms with Crippen LogP contribution in [0.3, 0.4) is 0 Å². The van der Waals surface area contributed by atoms with Crippen molar-refractivity contribution in [2.24, 2.45) is 0 Å². The Kier molecular flexibility index (Phi) is 5.27. The number of thioether (sulfide) groups is 1. The molecule has 0 aliphatic rings. The fourth-order valence-corrected chi connectivity index (χ4v) is 3.15. The molecule has 3 rings (SSSR count). The molecule has 0 spiro atoms. The van der Waals surface area contributed by atoms with E-state index in [2.05, 4.69) is 27.5 Å². The van der Waals surface area contributed by atoms with Crippen molar-refractivity contribution < 1.29 is 4.79 Å². The lowest BCUT2D eigenvalue weighted by atomic mass is 10.1. The molecule has 0 aliphatic carbocycles. The van der Waals surface area contributed by atoms with Crippen LogP contribution in [0.4, 0.5) is 5.69 Å². The van der Waals surface area contributed by atoms with Gasteiger partial charge in [0.2, 0.25) is 11.1 Å². The number of hydrogen-bond donors (Lipinski definition) is 2. The molecule has 2 heterocycles. The molecule has 0 radical (unpaired) electrons. The lowest BCUT2D eigenvalue weighted by Crippen LogP contribution is -2.18. The van der Waals surface area contributed by atoms with Crippen molar-refractivity contribution in [2.75, 3.05) is 16.9 Å². The third-order valence-corrected chi connectivity index (χ3v) is 4.77. The van der Waals surface area contributed by atoms with Crippen LogP contribution in [-0.4, -0.2) is 36.3 Å². The third kappa shape index (κ3) is 3.88. The minimum absolute atomic E-state index is 0.130. The minimum atomic E-state index is -0.130. The molecule has 1 amide bonds. The zero-order valence-electron chi connectivity index (χ0n) is 14.9. The van der Waals surface area contributed by atoms with Crippen LogP contribution in [0.5, 0.6) is 0 Å². The van der Waals surface area contributed by atoms with Crippen molar-refractivity contribution in [1.82, 2.24) is 24.7 Å². The van der Waals surface area contributed by atoms with Crippen LogP contribution in [0, 0.1) is 13.8 Å². The van der Waals surface area contributed by atoms with Crippen LogP contribution in [0.1, 0.15) is 23.9 Å². The SMILES string of the molecule is CCc1ccc(NC(=O)CSc2nnc(-n3nc(C)cc3C)n2N)cc1. The Hall–Kier alpha value is -2.81. The number of rotatable bonds is 6. The van der Waals surface area contributed by atoms with E-state index in [9.17, 15) is 4.79 Å². The number of hydrogen-bond acceptors (Lipinski definition) is 6. The van der Waals surface area contributed by atoms with E-state index < -0.39 is 0 Å². The van der Waals surface area contributed by atoms with Crippen molar-refractivity contribution in [3.8, 4) is 5.95 Å². The van der Waals surface area contributed by atoms with Crippen LogP contribution in [-0.2, 0) is 11.2 Å². The third-order valence-electron chi connectivity index (χ3n) is 3.82. The summed E-state index contributed by atoms with van der Waals surface area (Å²) in [7, 11) is 0. The van der Waals surface area contributed by atoms with Crippen molar-refractivity contribution in [2.45, 2.75) is 32.3 Å². The summed E-state index contributed by atoms with van der Waals surface area (Å²) >= 11 is 1.22. The van der Waals surface area contributed by atoms with Crippen molar-refractivity contribution in [3.05, 3.63) is 47.3 Å². The number of carbonyl (C=O) groups excluding carboxylic acids is 1. The molecule has 0 aliphatic heterocycles. The highest BCUT2D eigenvalue weighted by molar-refractivity contribution is 7.99. The van der Waals surface area contributed by atoms with Gasteiger partial charge in [0.05, 0.1) is 11.4 Å². The topological polar surface area (TPSA) is 104 Å². The van der Waals surface area contributed by atoms with Gasteiger partial charge in [-0.25, -0.2) is 9.36 Å². The van der Waals surface area contributed by atoms with E-state index >= 15 is 0 Å². The monoisotopic (exact) mass is 371 g/mol. The van der Waals surface area contributed by atoms with E-state index in [-0.39, 0.29) is 11.7 Å². The Balaban J connectivity index is 1.62. The zero-order valence-corrected chi connectivity index (χ0v) is 15.7. The second-order valence-electron chi connectivity index (χ2n) is 5.88. The van der Waals surface area contributed by atoms with Gasteiger partial charge in [-0.2, -0.15) is 5.10 Å². The lowest BCUT2D eigenvalue weighted by Gasteiger charge is -2.06. The Morgan fingerprint density at radius 3 is 2.58 bits per heavy atom. The second-order valence-corrected chi connectivity index (χ2v) is 6.82. The molecule has 8 nitrogen and oxygen atoms in total. The first-order chi connectivity index (χ1) is 12.5. The fourth-order valence-electron chi connectivity index (χ4n) is 2.49. The standard InChI is InChI=1S/C17H21N7OS/c1-4-13-5-7-14(8-6-13)19-15(25)10-26-17-21-20-16(23(17)18)24-12(3)9-11(2)22-24/h5-9H,4,10,18H2,1-3H3,(H,19,25). The number of aromatic nitrogens is 5. The number of anilines is 1. The Morgan fingerprint density at radius 1 is 1.23 bits per heavy atom. The van der Waals surface area contributed by atoms with Gasteiger partial charge >= 0.3 is 0 Å². The smallest absolute Gasteiger partial charge is 0.271 e. The van der Waals surface area contributed by atoms with Gasteiger partial charge in [-0.3, -0.25) is 4.79 Å². The van der Waals surface area contributed by atoms with Crippen LogP contribution in [0.15, 0.2) is 35.5 Å². The van der Waals surface area contributed by atoms with Crippen molar-refractivity contribution in [3.63, 3.8) is 0 Å². The molecule has 3 N–H and O–H groups in total. The predicted molar refractivity (Wildman–Crippen MR) is 102 cm³/mol. The van der Waals surface area contributed by atoms with Gasteiger partial charge in [-0.05, 0) is 44.0 Å². The van der Waals surface area contributed by atoms with Gasteiger partial charge in [-0.15, -0.1) is 10.2 Å². The summed E-state index contributed by atoms with van der Waals surface area (Å²) in [4.78, 5) is 12.1. The number of carbonyl (C=O) groups is 1. The largest absolute Gasteiger partial charge is 0.334 e. The summed E-state index contributed by atoms with van der Waals surface area (Å²) in [6.07, 6.45) is 0.966. The highest BCUT2D eigenvalue weighted by atomic mass is 32.2. The van der Waals surface area contributed by atoms with Gasteiger partial charge in [0.1, 0.15) is 0 Å². The first-order valence-electron chi connectivity index (χ1n) is 8.23. The van der Waals surface area contributed by atoms with Crippen molar-refractivity contribution >= 4 is 23.4 Å². The quantitative estimate of drug-likeness (QED) is 0.508. The number of amides is 1. The fraction of sp³-hybridized carbons (Fsp3) is 0.294. The average molecular weight is 371 g/mol. The Labute approximate surface area is 155 Å². The van der Waals surface area contributed by atoms with E-state index in [0.717, 1.165) is 23.5 Å². The molecule has 0 fully saturated rings. The van der Waals surface area contributed by atoms with Crippen LogP contribution in [0.2, 0.25) is 0 Å². The van der Waals surface area contributed by atoms with E-state index in [0.29, 0.717) is 11.1 Å². The maximum absolute atomic E-state index is 12.1. The summed E-state index contributed by atoms with van der Waals surface area (Å²) in [5.74, 6) is 6.53. The Morgan fingerprint density at radius 2 is 1.96 bits per heavy atom. The van der Waals surface area contributed by atoms with Crippen LogP contribution >= 0.6 is 11.8 Å². The maximum atomic E-state index is 12.1. The highest BCUT2D eigenvalue weighted by Crippen LogP contribution is 2.18. The van der Waals surface area contributed by atoms with Crippen LogP contribution < -0.4 is 11.2 Å². The van der Waals surface area contributed by atoms with E-state index in [4.69, 9.17) is 5.84 Å². The molecule has 26 heavy (non-hydrogen) atoms. The number of nitrogens with two attached hydrogens (primary N) is 1. The number of nitrogens with zero attached hydrogens (tertiary/aromatic N) is 5. The highest BCUT2D eigenvalue weighted by Gasteiger charge is 2.16. The molecule has 0 atom stereocenters. The summed E-state index contributed by atoms with van der Waals surface area (Å²) in [5.41, 5.74) is 3.77. The number of nitrogens with one attached hydrogen (secondary N) is 1. The lowest BCUT2D eigenvalue weighted by molar-refractivity contribution is -0.113. The number of aryl methyl sites for hydroxylation is 3. The second kappa shape index (κ2) is 7.61. The normalized spacial score (nSPS) is 10.9. The Bertz CT molecular complexity index is 914. The van der Waals surface area contributed by atoms with Crippen molar-refractivity contribution in [1.29, 1.82) is 0 Å². The van der Waals surface area contributed by atoms with Gasteiger partial charge in [0, 0.05) is 11.4 Å². The predicted octanol–water partition coefficient (Wildman–Crippen LogP) is 2.09. The van der Waals surface area contributed by atoms with E-state index in [1.165, 1.54) is 22.0 Å². The van der Waals surface area contributed by atoms with E-state index in [1.807, 2.05) is 44.2 Å². The number of nitrogen functional groups attached to an aromatic ring is 1. The van der Waals surface area contributed by atoms with E-state index in [1.54, 1.807) is 4.68 Å². The summed E-state index contributed by atoms with van der Waals surface area (Å²) < 4.78 is 2.97. The molecule has 0 unspecified atom stereocenters. The summed E-state index contributed by atoms with van der Waals surface area (Å²) in [6.45, 7) is 5.90. The zero-order chi connectivity index (χ0) is 18.7. The maximum Gasteiger partial charge on any atom is 0.271 e. The molecule has 0 saturated heterocycles. The molecule has 0 saturated carbocycles. The molecule has 0 bridgehead atoms. The average Bonchev–Trinajstić information content (AvgIpc) is 3.15. The molecular weight excluding hydrogens is 350 g/mol. The van der Waals surface area contributed by atoms with Gasteiger partial charge in [0.15, 0.2) is 0 Å². The van der Waals surface area contributed by atoms with Gasteiger partial charge < -0.3 is 11.2 Å². The first-order valence-corrected chi connectivity index (χ1v) is 9.22. The molecule has 2 aromatic heterocycles. The molecule has 1 aromatic carbocycles. The first kappa shape index (κ1) is 18.0. The molecular formula is C17H21N7OS. The minimum Gasteiger partial charge on any atom is -0.334 e. The van der Waals surface area contributed by atoms with Gasteiger partial charge in [0.25, 0.3) is 5.95 Å². The molecule has 9 heteroatoms. The van der Waals surface area contributed by atoms with Crippen LogP contribution in [0.25, 0.3) is 5.95 Å². The number of benzene rings is 1.